The van der Waals surface area contributed by atoms with Gasteiger partial charge in [-0.15, -0.1) is 0 Å². The molecule has 0 aliphatic heterocycles. The van der Waals surface area contributed by atoms with E-state index in [0.717, 1.165) is 12.8 Å². The summed E-state index contributed by atoms with van der Waals surface area (Å²) in [5.74, 6) is -3.19. The van der Waals surface area contributed by atoms with Crippen molar-refractivity contribution in [3.63, 3.8) is 0 Å². The van der Waals surface area contributed by atoms with Crippen LogP contribution in [-0.4, -0.2) is 129 Å². The predicted molar refractivity (Wildman–Crippen MR) is 262 cm³/mol. The zero-order valence-electron chi connectivity index (χ0n) is 43.3. The third-order valence-corrected chi connectivity index (χ3v) is 9.10. The predicted octanol–water partition coefficient (Wildman–Crippen LogP) is 7.63. The number of halogens is 3. The van der Waals surface area contributed by atoms with Gasteiger partial charge in [0, 0.05) is 112 Å². The standard InChI is InChI=1S/C16H29N5O4.C15H26N4O5.C11H21N5O2.C2HF3O/c1-16(2,3)25-15(24)19-9-6-5-7-12(14(23)18-4)11-13(22)8-10-20-21-17;1-15(2,3)24-14(23)17-8-5-4-6-11(13(21)22)10-12(20)7-9-18-19-16;1-14-11(18)9(4-2-3-6-12)8-10(17)5-7-15-16-13;3-2(4,5)1-6/h12H,5-11H2,1-4H3,(H,18,23)(H,19,24);11H,4-10H2,1-3H3,(H,17,23)(H,21,22);9H,2-8,12H2,1H3,(H,14,18);1H/t12-;11-;9-;/m111./s1. The Balaban J connectivity index is -0.000000467. The molecule has 0 aromatic heterocycles. The van der Waals surface area contributed by atoms with Gasteiger partial charge < -0.3 is 41.6 Å². The minimum atomic E-state index is -4.64. The number of carboxylic acids is 1. The van der Waals surface area contributed by atoms with Crippen molar-refractivity contribution in [2.45, 2.75) is 155 Å². The number of ether oxygens (including phenoxy) is 2. The number of azide groups is 3. The lowest BCUT2D eigenvalue weighted by Gasteiger charge is -2.19. The van der Waals surface area contributed by atoms with Crippen LogP contribution in [0.4, 0.5) is 22.8 Å². The lowest BCUT2D eigenvalue weighted by molar-refractivity contribution is -0.156. The molecule has 0 radical (unpaired) electrons. The lowest BCUT2D eigenvalue weighted by atomic mass is 9.94. The number of carbonyl (C=O) groups excluding carboxylic acids is 8. The molecule has 0 fully saturated rings. The quantitative estimate of drug-likeness (QED) is 0.0124. The second-order valence-corrected chi connectivity index (χ2v) is 17.8. The van der Waals surface area contributed by atoms with Crippen LogP contribution in [0.2, 0.25) is 0 Å². The number of hydrogen-bond acceptors (Lipinski definition) is 15. The first-order valence-corrected chi connectivity index (χ1v) is 23.5. The van der Waals surface area contributed by atoms with Crippen molar-refractivity contribution in [1.82, 2.24) is 21.3 Å². The van der Waals surface area contributed by atoms with E-state index in [1.807, 2.05) is 0 Å². The highest BCUT2D eigenvalue weighted by atomic mass is 19.4. The molecule has 73 heavy (non-hydrogen) atoms. The van der Waals surface area contributed by atoms with E-state index in [4.69, 9.17) is 41.7 Å². The first-order chi connectivity index (χ1) is 34.1. The summed E-state index contributed by atoms with van der Waals surface area (Å²) in [6, 6.07) is 0. The van der Waals surface area contributed by atoms with E-state index in [-0.39, 0.29) is 93.2 Å². The molecule has 26 nitrogen and oxygen atoms in total. The summed E-state index contributed by atoms with van der Waals surface area (Å²) >= 11 is 0. The number of aldehydes is 1. The van der Waals surface area contributed by atoms with Crippen LogP contribution in [0, 0.1) is 17.8 Å². The van der Waals surface area contributed by atoms with Gasteiger partial charge >= 0.3 is 24.3 Å². The minimum absolute atomic E-state index is 0.0431. The van der Waals surface area contributed by atoms with Crippen molar-refractivity contribution in [2.75, 3.05) is 53.4 Å². The van der Waals surface area contributed by atoms with Crippen molar-refractivity contribution in [2.24, 2.45) is 38.8 Å². The molecule has 416 valence electrons. The second kappa shape index (κ2) is 44.0. The van der Waals surface area contributed by atoms with Gasteiger partial charge in [-0.3, -0.25) is 33.6 Å². The topological polar surface area (TPSA) is 413 Å². The van der Waals surface area contributed by atoms with Crippen LogP contribution in [0.1, 0.15) is 138 Å². The molecular weight excluding hydrogens is 974 g/mol. The van der Waals surface area contributed by atoms with Crippen LogP contribution >= 0.6 is 0 Å². The number of carbonyl (C=O) groups is 9. The van der Waals surface area contributed by atoms with Gasteiger partial charge in [-0.25, -0.2) is 9.59 Å². The first-order valence-electron chi connectivity index (χ1n) is 23.5. The number of hydrogen-bond donors (Lipinski definition) is 6. The highest BCUT2D eigenvalue weighted by Crippen LogP contribution is 2.18. The summed E-state index contributed by atoms with van der Waals surface area (Å²) < 4.78 is 41.5. The number of Topliss-reactive ketones (excluding diaryl/α,β-unsaturated/α-hetero) is 3. The summed E-state index contributed by atoms with van der Waals surface area (Å²) in [6.45, 7) is 12.4. The smallest absolute Gasteiger partial charge is 0.446 e. The Kier molecular flexibility index (Phi) is 44.0. The van der Waals surface area contributed by atoms with Gasteiger partial charge in [0.2, 0.25) is 18.1 Å². The van der Waals surface area contributed by atoms with Crippen molar-refractivity contribution >= 4 is 53.6 Å². The molecule has 3 atom stereocenters. The van der Waals surface area contributed by atoms with Gasteiger partial charge in [0.25, 0.3) is 0 Å². The second-order valence-electron chi connectivity index (χ2n) is 17.8. The van der Waals surface area contributed by atoms with Crippen molar-refractivity contribution in [1.29, 1.82) is 0 Å². The van der Waals surface area contributed by atoms with Gasteiger partial charge in [0.05, 0.1) is 5.92 Å². The molecule has 0 rings (SSSR count). The number of amides is 4. The molecule has 0 aliphatic rings. The van der Waals surface area contributed by atoms with Gasteiger partial charge in [-0.1, -0.05) is 34.6 Å². The highest BCUT2D eigenvalue weighted by molar-refractivity contribution is 5.87. The number of carboxylic acid groups (broad SMARTS) is 1. The summed E-state index contributed by atoms with van der Waals surface area (Å²) in [7, 11) is 3.09. The van der Waals surface area contributed by atoms with Crippen LogP contribution in [0.15, 0.2) is 15.3 Å². The number of alkyl carbamates (subject to hydrolysis) is 2. The molecule has 0 saturated heterocycles. The number of rotatable bonds is 32. The molecule has 0 bridgehead atoms. The van der Waals surface area contributed by atoms with Crippen molar-refractivity contribution < 1.29 is 70.9 Å². The van der Waals surface area contributed by atoms with E-state index in [1.165, 1.54) is 7.05 Å². The molecule has 0 aromatic rings. The van der Waals surface area contributed by atoms with Crippen LogP contribution in [0.3, 0.4) is 0 Å². The molecule has 7 N–H and O–H groups in total. The number of nitrogens with one attached hydrogen (secondary N) is 4. The zero-order chi connectivity index (χ0) is 56.9. The number of unbranched alkanes of at least 4 members (excludes halogenated alkanes) is 3. The van der Waals surface area contributed by atoms with E-state index in [0.29, 0.717) is 64.6 Å². The molecule has 0 heterocycles. The van der Waals surface area contributed by atoms with Crippen molar-refractivity contribution in [3.05, 3.63) is 31.3 Å². The normalized spacial score (nSPS) is 11.7. The Hall–Kier alpha value is -6.69. The summed E-state index contributed by atoms with van der Waals surface area (Å²) in [6.07, 6.45) is -0.295. The van der Waals surface area contributed by atoms with E-state index in [2.05, 4.69) is 51.3 Å². The molecule has 0 aromatic carbocycles. The Morgan fingerprint density at radius 2 is 0.890 bits per heavy atom. The van der Waals surface area contributed by atoms with E-state index in [1.54, 1.807) is 48.6 Å². The van der Waals surface area contributed by atoms with Gasteiger partial charge in [-0.2, -0.15) is 13.2 Å². The lowest BCUT2D eigenvalue weighted by Crippen LogP contribution is -2.33. The number of nitrogens with two attached hydrogens (primary N) is 1. The Bertz CT molecular complexity index is 1830. The van der Waals surface area contributed by atoms with Crippen LogP contribution in [0.25, 0.3) is 31.3 Å². The SMILES string of the molecule is CC(C)(C)OC(=O)NCCCC[C@H](CC(=O)CCN=[N+]=[N-])C(=O)O.CNC(=O)[C@H](CCCCN)CC(=O)CCN=[N+]=[N-].CNC(=O)[C@H](CCCCNC(=O)OC(C)(C)C)CC(=O)CCN=[N+]=[N-].O=CC(F)(F)F. The summed E-state index contributed by atoms with van der Waals surface area (Å²) in [5, 5.41) is 29.4. The molecule has 4 amide bonds. The fraction of sp³-hybridized carbons (Fsp3) is 0.795. The highest BCUT2D eigenvalue weighted by Gasteiger charge is 2.25. The average Bonchev–Trinajstić information content (AvgIpc) is 3.29. The number of ketones is 3. The van der Waals surface area contributed by atoms with E-state index in [9.17, 15) is 51.5 Å². The maximum absolute atomic E-state index is 11.9. The largest absolute Gasteiger partial charge is 0.481 e. The van der Waals surface area contributed by atoms with Crippen LogP contribution in [-0.2, 0) is 43.0 Å². The maximum atomic E-state index is 11.9. The van der Waals surface area contributed by atoms with Crippen molar-refractivity contribution in [3.8, 4) is 0 Å². The van der Waals surface area contributed by atoms with Crippen LogP contribution < -0.4 is 27.0 Å². The Labute approximate surface area is 423 Å². The molecule has 0 aliphatic carbocycles. The maximum Gasteiger partial charge on any atom is 0.446 e. The monoisotopic (exact) mass is 1050 g/mol. The van der Waals surface area contributed by atoms with Gasteiger partial charge in [0.15, 0.2) is 0 Å². The van der Waals surface area contributed by atoms with Crippen LogP contribution in [0.5, 0.6) is 0 Å². The van der Waals surface area contributed by atoms with E-state index >= 15 is 0 Å². The molecular formula is C44H77F3N14O12. The average molecular weight is 1050 g/mol. The van der Waals surface area contributed by atoms with E-state index < -0.39 is 53.7 Å². The Morgan fingerprint density at radius 1 is 0.589 bits per heavy atom. The molecule has 0 unspecified atom stereocenters. The summed E-state index contributed by atoms with van der Waals surface area (Å²) in [4.78, 5) is 109. The molecule has 0 saturated carbocycles. The zero-order valence-corrected chi connectivity index (χ0v) is 43.3. The fourth-order valence-corrected chi connectivity index (χ4v) is 5.74. The minimum Gasteiger partial charge on any atom is -0.481 e. The molecule has 0 spiro atoms. The van der Waals surface area contributed by atoms with Gasteiger partial charge in [0.1, 0.15) is 28.6 Å². The number of nitrogens with zero attached hydrogens (tertiary/aromatic N) is 9. The Morgan fingerprint density at radius 3 is 1.15 bits per heavy atom. The molecule has 29 heteroatoms. The third-order valence-electron chi connectivity index (χ3n) is 9.10. The third kappa shape index (κ3) is 53.0. The number of aliphatic carboxylic acids is 1. The van der Waals surface area contributed by atoms with Gasteiger partial charge in [-0.05, 0) is 103 Å². The fourth-order valence-electron chi connectivity index (χ4n) is 5.74. The summed E-state index contributed by atoms with van der Waals surface area (Å²) in [5.41, 5.74) is 28.7. The first kappa shape index (κ1) is 72.8. The number of alkyl halides is 3.